The topological polar surface area (TPSA) is 136 Å². The lowest BCUT2D eigenvalue weighted by molar-refractivity contribution is -0.119. The zero-order valence-electron chi connectivity index (χ0n) is 22.0. The minimum Gasteiger partial charge on any atom is -0.497 e. The Balaban J connectivity index is 1.87. The van der Waals surface area contributed by atoms with Crippen molar-refractivity contribution in [3.63, 3.8) is 0 Å². The van der Waals surface area contributed by atoms with Gasteiger partial charge >= 0.3 is 0 Å². The van der Waals surface area contributed by atoms with Gasteiger partial charge in [-0.05, 0) is 48.8 Å². The molecule has 1 aromatic carbocycles. The molecule has 0 bridgehead atoms. The highest BCUT2D eigenvalue weighted by Crippen LogP contribution is 2.34. The summed E-state index contributed by atoms with van der Waals surface area (Å²) in [5, 5.41) is 5.85. The van der Waals surface area contributed by atoms with Crippen LogP contribution in [0.2, 0.25) is 0 Å². The Hall–Kier alpha value is -3.34. The van der Waals surface area contributed by atoms with E-state index >= 15 is 0 Å². The van der Waals surface area contributed by atoms with Gasteiger partial charge in [0.1, 0.15) is 22.9 Å². The molecule has 202 valence electrons. The van der Waals surface area contributed by atoms with Gasteiger partial charge in [0, 0.05) is 18.7 Å². The van der Waals surface area contributed by atoms with Crippen LogP contribution < -0.4 is 30.7 Å². The van der Waals surface area contributed by atoms with Gasteiger partial charge in [-0.3, -0.25) is 19.3 Å². The van der Waals surface area contributed by atoms with Gasteiger partial charge in [-0.25, -0.2) is 0 Å². The van der Waals surface area contributed by atoms with Crippen LogP contribution in [0, 0.1) is 5.92 Å². The molecule has 0 unspecified atom stereocenters. The number of hydrogen-bond acceptors (Lipinski definition) is 8. The van der Waals surface area contributed by atoms with Crippen molar-refractivity contribution in [2.45, 2.75) is 58.4 Å². The number of nitrogens with two attached hydrogens (primary N) is 1. The second-order valence-corrected chi connectivity index (χ2v) is 10.3. The third kappa shape index (κ3) is 7.34. The molecule has 11 heteroatoms. The van der Waals surface area contributed by atoms with Crippen molar-refractivity contribution in [2.24, 2.45) is 5.92 Å². The maximum absolute atomic E-state index is 13.8. The summed E-state index contributed by atoms with van der Waals surface area (Å²) in [6, 6.07) is 5.03. The molecule has 1 fully saturated rings. The third-order valence-corrected chi connectivity index (χ3v) is 7.20. The van der Waals surface area contributed by atoms with E-state index in [1.54, 1.807) is 18.2 Å². The summed E-state index contributed by atoms with van der Waals surface area (Å²) in [7, 11) is 3.00. The number of nitrogen functional groups attached to an aromatic ring is 1. The number of aromatic nitrogens is 1. The van der Waals surface area contributed by atoms with E-state index in [9.17, 15) is 14.4 Å². The highest BCUT2D eigenvalue weighted by molar-refractivity contribution is 7.09. The Morgan fingerprint density at radius 1 is 1.16 bits per heavy atom. The highest BCUT2D eigenvalue weighted by atomic mass is 32.1. The van der Waals surface area contributed by atoms with Gasteiger partial charge in [0.05, 0.1) is 25.6 Å². The van der Waals surface area contributed by atoms with Crippen molar-refractivity contribution >= 4 is 40.6 Å². The van der Waals surface area contributed by atoms with E-state index in [1.165, 1.54) is 25.5 Å². The monoisotopic (exact) mass is 531 g/mol. The van der Waals surface area contributed by atoms with Gasteiger partial charge in [-0.1, -0.05) is 33.1 Å². The number of benzene rings is 1. The summed E-state index contributed by atoms with van der Waals surface area (Å²) < 4.78 is 15.0. The summed E-state index contributed by atoms with van der Waals surface area (Å²) in [5.74, 6) is 0.0448. The second kappa shape index (κ2) is 13.3. The molecular weight excluding hydrogens is 494 g/mol. The Labute approximate surface area is 222 Å². The highest BCUT2D eigenvalue weighted by Gasteiger charge is 2.30. The van der Waals surface area contributed by atoms with E-state index in [2.05, 4.69) is 28.9 Å². The van der Waals surface area contributed by atoms with Crippen molar-refractivity contribution in [1.82, 2.24) is 15.0 Å². The Morgan fingerprint density at radius 3 is 2.54 bits per heavy atom. The number of methoxy groups -OCH3 is 2. The van der Waals surface area contributed by atoms with Gasteiger partial charge in [0.2, 0.25) is 5.91 Å². The second-order valence-electron chi connectivity index (χ2n) is 9.54. The van der Waals surface area contributed by atoms with Crippen LogP contribution in [0.4, 0.5) is 11.4 Å². The first-order valence-corrected chi connectivity index (χ1v) is 13.4. The lowest BCUT2D eigenvalue weighted by atomic mass is 9.95. The van der Waals surface area contributed by atoms with Crippen molar-refractivity contribution < 1.29 is 23.9 Å². The number of rotatable bonds is 11. The van der Waals surface area contributed by atoms with Gasteiger partial charge in [-0.15, -0.1) is 0 Å². The van der Waals surface area contributed by atoms with Gasteiger partial charge in [0.25, 0.3) is 11.8 Å². The molecule has 0 atom stereocenters. The number of carbonyl (C=O) groups excluding carboxylic acids is 3. The van der Waals surface area contributed by atoms with Crippen LogP contribution in [0.3, 0.4) is 0 Å². The molecule has 1 heterocycles. The molecule has 1 aromatic heterocycles. The predicted molar refractivity (Wildman–Crippen MR) is 145 cm³/mol. The molecule has 10 nitrogen and oxygen atoms in total. The van der Waals surface area contributed by atoms with Crippen LogP contribution in [-0.4, -0.2) is 55.4 Å². The van der Waals surface area contributed by atoms with Crippen molar-refractivity contribution in [3.8, 4) is 11.5 Å². The fraction of sp³-hybridized carbons (Fsp3) is 0.538. The fourth-order valence-electron chi connectivity index (χ4n) is 4.21. The number of amides is 3. The zero-order valence-corrected chi connectivity index (χ0v) is 22.8. The lowest BCUT2D eigenvalue weighted by Crippen LogP contribution is -2.41. The number of nitrogens with zero attached hydrogens (tertiary/aromatic N) is 2. The molecule has 37 heavy (non-hydrogen) atoms. The molecular formula is C26H37N5O5S. The van der Waals surface area contributed by atoms with E-state index in [-0.39, 0.29) is 40.7 Å². The van der Waals surface area contributed by atoms with Crippen LogP contribution in [0.5, 0.6) is 11.5 Å². The van der Waals surface area contributed by atoms with E-state index in [1.807, 2.05) is 0 Å². The summed E-state index contributed by atoms with van der Waals surface area (Å²) in [4.78, 5) is 40.8. The normalized spacial score (nSPS) is 13.8. The predicted octanol–water partition coefficient (Wildman–Crippen LogP) is 3.61. The molecule has 0 saturated heterocycles. The smallest absolute Gasteiger partial charge is 0.273 e. The largest absolute Gasteiger partial charge is 0.497 e. The van der Waals surface area contributed by atoms with Crippen molar-refractivity contribution in [3.05, 3.63) is 28.8 Å². The van der Waals surface area contributed by atoms with Crippen LogP contribution in [0.1, 0.15) is 72.5 Å². The van der Waals surface area contributed by atoms with E-state index in [4.69, 9.17) is 15.2 Å². The lowest BCUT2D eigenvalue weighted by Gasteiger charge is -2.24. The molecule has 0 radical (unpaired) electrons. The summed E-state index contributed by atoms with van der Waals surface area (Å²) in [5.41, 5.74) is 6.67. The summed E-state index contributed by atoms with van der Waals surface area (Å²) >= 11 is 0.843. The van der Waals surface area contributed by atoms with Gasteiger partial charge < -0.3 is 25.8 Å². The number of hydrogen-bond donors (Lipinski definition) is 3. The molecule has 4 N–H and O–H groups in total. The minimum atomic E-state index is -0.547. The summed E-state index contributed by atoms with van der Waals surface area (Å²) in [6.07, 6.45) is 5.95. The fourth-order valence-corrected chi connectivity index (χ4v) is 4.96. The first-order chi connectivity index (χ1) is 17.7. The molecule has 2 aromatic rings. The maximum Gasteiger partial charge on any atom is 0.273 e. The van der Waals surface area contributed by atoms with Gasteiger partial charge in [0.15, 0.2) is 5.69 Å². The molecule has 0 spiro atoms. The molecule has 1 aliphatic rings. The Kier molecular flexibility index (Phi) is 10.1. The number of ether oxygens (including phenoxy) is 2. The van der Waals surface area contributed by atoms with Gasteiger partial charge in [-0.2, -0.15) is 4.37 Å². The molecule has 1 aliphatic carbocycles. The minimum absolute atomic E-state index is 0.000930. The van der Waals surface area contributed by atoms with Crippen molar-refractivity contribution in [2.75, 3.05) is 37.9 Å². The Bertz CT molecular complexity index is 1100. The van der Waals surface area contributed by atoms with E-state index in [0.29, 0.717) is 29.6 Å². The third-order valence-electron chi connectivity index (χ3n) is 6.35. The standard InChI is InChI=1S/C26H37N5O5S/c1-16(2)12-13-28-21(32)15-31(19-11-10-18(35-3)14-20(19)36-4)26(34)24-22(27)23(30-37-24)25(33)29-17-8-6-5-7-9-17/h10-11,14,16-17H,5-9,12-13,15,27H2,1-4H3,(H,28,32)(H,29,33). The molecule has 3 rings (SSSR count). The average Bonchev–Trinajstić information content (AvgIpc) is 3.28. The first-order valence-electron chi connectivity index (χ1n) is 12.6. The number of anilines is 2. The van der Waals surface area contributed by atoms with Crippen LogP contribution in [0.15, 0.2) is 18.2 Å². The maximum atomic E-state index is 13.8. The van der Waals surface area contributed by atoms with Crippen LogP contribution in [-0.2, 0) is 4.79 Å². The van der Waals surface area contributed by atoms with E-state index in [0.717, 1.165) is 43.6 Å². The summed E-state index contributed by atoms with van der Waals surface area (Å²) in [6.45, 7) is 4.37. The average molecular weight is 532 g/mol. The Morgan fingerprint density at radius 2 is 1.89 bits per heavy atom. The SMILES string of the molecule is COc1ccc(N(CC(=O)NCCC(C)C)C(=O)c2snc(C(=O)NC3CCCCC3)c2N)c(OC)c1. The van der Waals surface area contributed by atoms with E-state index < -0.39 is 5.91 Å². The molecule has 3 amide bonds. The zero-order chi connectivity index (χ0) is 26.9. The molecule has 1 saturated carbocycles. The first kappa shape index (κ1) is 28.2. The van der Waals surface area contributed by atoms with Crippen molar-refractivity contribution in [1.29, 1.82) is 0 Å². The number of carbonyl (C=O) groups is 3. The molecule has 0 aliphatic heterocycles. The number of nitrogens with one attached hydrogen (secondary N) is 2. The van der Waals surface area contributed by atoms with Crippen LogP contribution >= 0.6 is 11.5 Å². The quantitative estimate of drug-likeness (QED) is 0.403. The van der Waals surface area contributed by atoms with Crippen LogP contribution in [0.25, 0.3) is 0 Å².